The van der Waals surface area contributed by atoms with E-state index in [2.05, 4.69) is 26.6 Å². The van der Waals surface area contributed by atoms with E-state index >= 15 is 0 Å². The number of carbonyl (C=O) groups is 7. The molecule has 0 spiro atoms. The molecule has 6 unspecified atom stereocenters. The van der Waals surface area contributed by atoms with E-state index in [0.29, 0.717) is 30.5 Å². The molecule has 2 aromatic rings. The first-order chi connectivity index (χ1) is 26.4. The molecule has 1 aliphatic heterocycles. The molecule has 56 heavy (non-hydrogen) atoms. The number of nitrogens with one attached hydrogen (secondary N) is 5. The van der Waals surface area contributed by atoms with Crippen molar-refractivity contribution in [3.8, 4) is 11.5 Å². The number of benzene rings is 2. The van der Waals surface area contributed by atoms with Crippen molar-refractivity contribution in [1.82, 2.24) is 31.5 Å². The molecular formula is C39H56N8O9. The number of aromatic hydroxyl groups is 2. The number of nitrogens with two attached hydrogens (primary N) is 2. The molecule has 1 heterocycles. The highest BCUT2D eigenvalue weighted by Gasteiger charge is 2.38. The second-order valence-electron chi connectivity index (χ2n) is 14.9. The molecule has 0 saturated carbocycles. The number of amides is 7. The lowest BCUT2D eigenvalue weighted by atomic mass is 10.00. The number of carbonyl (C=O) groups excluding carboxylic acids is 7. The molecule has 0 radical (unpaired) electrons. The summed E-state index contributed by atoms with van der Waals surface area (Å²) in [5.74, 6) is -4.86. The Balaban J connectivity index is 1.65. The molecule has 1 aliphatic rings. The first kappa shape index (κ1) is 44.7. The number of rotatable bonds is 19. The zero-order valence-corrected chi connectivity index (χ0v) is 32.5. The Kier molecular flexibility index (Phi) is 16.6. The average Bonchev–Trinajstić information content (AvgIpc) is 3.64. The van der Waals surface area contributed by atoms with E-state index in [1.807, 2.05) is 13.8 Å². The standard InChI is InChI=1S/C39H56N8O9/c1-21(2)17-30(39(56)47-16-6-7-31(47)34(41)51)45-37(54)29(19-25-10-14-27(49)15-11-25)44-32(50)20-42-38(55)33(22(3)4)46-35(52)23(5)43-36(53)28(40)18-24-8-12-26(48)13-9-24/h8-15,21-23,28-31,33,48-49H,6-7,16-20,40H2,1-5H3,(H2,41,51)(H,42,55)(H,43,53)(H,44,50)(H,45,54)(H,46,52). The fourth-order valence-electron chi connectivity index (χ4n) is 6.27. The number of phenolic OH excluding ortho intramolecular Hbond substituents is 2. The maximum Gasteiger partial charge on any atom is 0.245 e. The summed E-state index contributed by atoms with van der Waals surface area (Å²) in [5.41, 5.74) is 12.9. The van der Waals surface area contributed by atoms with Gasteiger partial charge in [-0.15, -0.1) is 0 Å². The number of hydrogen-bond donors (Lipinski definition) is 9. The molecule has 0 aromatic heterocycles. The highest BCUT2D eigenvalue weighted by molar-refractivity contribution is 5.96. The zero-order valence-electron chi connectivity index (χ0n) is 32.5. The molecule has 7 amide bonds. The topological polar surface area (TPSA) is 275 Å². The van der Waals surface area contributed by atoms with Crippen molar-refractivity contribution in [1.29, 1.82) is 0 Å². The third-order valence-corrected chi connectivity index (χ3v) is 9.36. The van der Waals surface area contributed by atoms with E-state index in [9.17, 15) is 43.8 Å². The molecule has 306 valence electrons. The first-order valence-electron chi connectivity index (χ1n) is 18.8. The maximum absolute atomic E-state index is 13.8. The van der Waals surface area contributed by atoms with Crippen molar-refractivity contribution in [3.63, 3.8) is 0 Å². The Hall–Kier alpha value is -5.71. The zero-order chi connectivity index (χ0) is 41.7. The van der Waals surface area contributed by atoms with Crippen LogP contribution in [0.1, 0.15) is 65.0 Å². The predicted octanol–water partition coefficient (Wildman–Crippen LogP) is -0.536. The monoisotopic (exact) mass is 780 g/mol. The van der Waals surface area contributed by atoms with Gasteiger partial charge in [0, 0.05) is 13.0 Å². The summed E-state index contributed by atoms with van der Waals surface area (Å²) in [6.45, 7) is 8.29. The molecule has 11 N–H and O–H groups in total. The van der Waals surface area contributed by atoms with Crippen LogP contribution < -0.4 is 38.1 Å². The summed E-state index contributed by atoms with van der Waals surface area (Å²) in [6.07, 6.45) is 1.38. The van der Waals surface area contributed by atoms with Gasteiger partial charge in [-0.05, 0) is 79.8 Å². The van der Waals surface area contributed by atoms with Crippen molar-refractivity contribution >= 4 is 41.4 Å². The summed E-state index contributed by atoms with van der Waals surface area (Å²) in [5, 5.41) is 32.2. The van der Waals surface area contributed by atoms with Crippen LogP contribution in [0.2, 0.25) is 0 Å². The van der Waals surface area contributed by atoms with Crippen LogP contribution in [0.5, 0.6) is 11.5 Å². The Labute approximate surface area is 326 Å². The smallest absolute Gasteiger partial charge is 0.245 e. The third kappa shape index (κ3) is 13.5. The second kappa shape index (κ2) is 20.8. The summed E-state index contributed by atoms with van der Waals surface area (Å²) in [6, 6.07) is 6.01. The van der Waals surface area contributed by atoms with Crippen molar-refractivity contribution < 1.29 is 43.8 Å². The Morgan fingerprint density at radius 2 is 1.30 bits per heavy atom. The van der Waals surface area contributed by atoms with E-state index in [1.165, 1.54) is 36.1 Å². The van der Waals surface area contributed by atoms with Crippen LogP contribution in [0.3, 0.4) is 0 Å². The van der Waals surface area contributed by atoms with Crippen LogP contribution in [0.25, 0.3) is 0 Å². The molecule has 0 aliphatic carbocycles. The molecule has 17 heteroatoms. The van der Waals surface area contributed by atoms with Crippen LogP contribution in [-0.4, -0.2) is 106 Å². The third-order valence-electron chi connectivity index (χ3n) is 9.36. The van der Waals surface area contributed by atoms with E-state index in [0.717, 1.165) is 0 Å². The van der Waals surface area contributed by atoms with Gasteiger partial charge in [-0.2, -0.15) is 0 Å². The lowest BCUT2D eigenvalue weighted by molar-refractivity contribution is -0.141. The van der Waals surface area contributed by atoms with Crippen LogP contribution in [0.15, 0.2) is 48.5 Å². The largest absolute Gasteiger partial charge is 0.508 e. The van der Waals surface area contributed by atoms with Gasteiger partial charge < -0.3 is 53.2 Å². The van der Waals surface area contributed by atoms with E-state index in [-0.39, 0.29) is 36.7 Å². The molecule has 0 bridgehead atoms. The van der Waals surface area contributed by atoms with Crippen molar-refractivity contribution in [3.05, 3.63) is 59.7 Å². The van der Waals surface area contributed by atoms with Gasteiger partial charge in [-0.1, -0.05) is 52.0 Å². The molecule has 1 fully saturated rings. The molecule has 2 aromatic carbocycles. The van der Waals surface area contributed by atoms with Crippen LogP contribution in [-0.2, 0) is 46.4 Å². The normalized spacial score (nSPS) is 16.6. The number of phenols is 2. The van der Waals surface area contributed by atoms with E-state index in [1.54, 1.807) is 38.1 Å². The lowest BCUT2D eigenvalue weighted by Crippen LogP contribution is -2.58. The molecular weight excluding hydrogens is 724 g/mol. The fourth-order valence-corrected chi connectivity index (χ4v) is 6.27. The highest BCUT2D eigenvalue weighted by Crippen LogP contribution is 2.20. The summed E-state index contributed by atoms with van der Waals surface area (Å²) >= 11 is 0. The summed E-state index contributed by atoms with van der Waals surface area (Å²) in [4.78, 5) is 93.1. The number of likely N-dealkylation sites (tertiary alicyclic amines) is 1. The van der Waals surface area contributed by atoms with Gasteiger partial charge in [-0.25, -0.2) is 0 Å². The fraction of sp³-hybridized carbons (Fsp3) is 0.513. The van der Waals surface area contributed by atoms with Gasteiger partial charge in [0.1, 0.15) is 41.7 Å². The quantitative estimate of drug-likeness (QED) is 0.0879. The average molecular weight is 781 g/mol. The Morgan fingerprint density at radius 1 is 0.732 bits per heavy atom. The van der Waals surface area contributed by atoms with Crippen molar-refractivity contribution in [2.45, 2.75) is 103 Å². The lowest BCUT2D eigenvalue weighted by Gasteiger charge is -2.30. The van der Waals surface area contributed by atoms with Gasteiger partial charge in [0.05, 0.1) is 12.6 Å². The second-order valence-corrected chi connectivity index (χ2v) is 14.9. The molecule has 3 rings (SSSR count). The van der Waals surface area contributed by atoms with Gasteiger partial charge in [0.15, 0.2) is 0 Å². The van der Waals surface area contributed by atoms with Crippen molar-refractivity contribution in [2.24, 2.45) is 23.3 Å². The van der Waals surface area contributed by atoms with Crippen LogP contribution in [0, 0.1) is 11.8 Å². The number of primary amides is 1. The van der Waals surface area contributed by atoms with Gasteiger partial charge in [0.25, 0.3) is 0 Å². The number of hydrogen-bond acceptors (Lipinski definition) is 10. The van der Waals surface area contributed by atoms with Gasteiger partial charge >= 0.3 is 0 Å². The maximum atomic E-state index is 13.8. The van der Waals surface area contributed by atoms with Crippen LogP contribution in [0.4, 0.5) is 0 Å². The van der Waals surface area contributed by atoms with E-state index < -0.39 is 90.1 Å². The highest BCUT2D eigenvalue weighted by atomic mass is 16.3. The first-order valence-corrected chi connectivity index (χ1v) is 18.8. The van der Waals surface area contributed by atoms with Crippen molar-refractivity contribution in [2.75, 3.05) is 13.1 Å². The summed E-state index contributed by atoms with van der Waals surface area (Å²) < 4.78 is 0. The molecule has 17 nitrogen and oxygen atoms in total. The molecule has 6 atom stereocenters. The number of nitrogens with zero attached hydrogens (tertiary/aromatic N) is 1. The SMILES string of the molecule is CC(C)CC(NC(=O)C(Cc1ccc(O)cc1)NC(=O)CNC(=O)C(NC(=O)C(C)NC(=O)C(N)Cc1ccc(O)cc1)C(C)C)C(=O)N1CCCC1C(N)=O. The Morgan fingerprint density at radius 3 is 1.84 bits per heavy atom. The minimum atomic E-state index is -1.22. The minimum Gasteiger partial charge on any atom is -0.508 e. The molecule has 1 saturated heterocycles. The van der Waals surface area contributed by atoms with E-state index in [4.69, 9.17) is 11.5 Å². The van der Waals surface area contributed by atoms with Crippen LogP contribution >= 0.6 is 0 Å². The minimum absolute atomic E-state index is 0.00327. The summed E-state index contributed by atoms with van der Waals surface area (Å²) in [7, 11) is 0. The Bertz CT molecular complexity index is 1700. The van der Waals surface area contributed by atoms with Gasteiger partial charge in [-0.3, -0.25) is 33.6 Å². The van der Waals surface area contributed by atoms with Gasteiger partial charge in [0.2, 0.25) is 41.4 Å². The predicted molar refractivity (Wildman–Crippen MR) is 206 cm³/mol.